The van der Waals surface area contributed by atoms with Crippen molar-refractivity contribution >= 4 is 5.91 Å². The predicted octanol–water partition coefficient (Wildman–Crippen LogP) is 3.26. The molecule has 0 aliphatic rings. The van der Waals surface area contributed by atoms with Gasteiger partial charge in [0, 0.05) is 18.9 Å². The summed E-state index contributed by atoms with van der Waals surface area (Å²) >= 11 is 0. The Kier molecular flexibility index (Phi) is 5.26. The second-order valence-electron chi connectivity index (χ2n) is 6.14. The van der Waals surface area contributed by atoms with Crippen molar-refractivity contribution in [3.05, 3.63) is 89.6 Å². The summed E-state index contributed by atoms with van der Waals surface area (Å²) in [5.74, 6) is 0.0486. The maximum absolute atomic E-state index is 12.4. The highest BCUT2D eigenvalue weighted by atomic mass is 16.3. The Morgan fingerprint density at radius 2 is 1.76 bits per heavy atom. The van der Waals surface area contributed by atoms with Crippen LogP contribution in [0.3, 0.4) is 0 Å². The van der Waals surface area contributed by atoms with Crippen LogP contribution in [0.25, 0.3) is 0 Å². The third-order valence-electron chi connectivity index (χ3n) is 3.87. The third-order valence-corrected chi connectivity index (χ3v) is 3.87. The van der Waals surface area contributed by atoms with Crippen LogP contribution >= 0.6 is 0 Å². The Labute approximate surface area is 147 Å². The van der Waals surface area contributed by atoms with Crippen LogP contribution in [0.1, 0.15) is 33.3 Å². The standard InChI is InChI=1S/C20H21N3O2/c1-23(2)14-15-5-7-16(8-6-15)19(17-9-11-21-12-10-17)22-20(24)18-4-3-13-25-18/h3-13,19H,14H2,1-2H3,(H,22,24). The summed E-state index contributed by atoms with van der Waals surface area (Å²) in [5, 5.41) is 3.04. The summed E-state index contributed by atoms with van der Waals surface area (Å²) in [5.41, 5.74) is 3.20. The summed E-state index contributed by atoms with van der Waals surface area (Å²) < 4.78 is 5.20. The summed E-state index contributed by atoms with van der Waals surface area (Å²) in [4.78, 5) is 18.6. The summed E-state index contributed by atoms with van der Waals surface area (Å²) in [6, 6.07) is 15.2. The largest absolute Gasteiger partial charge is 0.459 e. The Morgan fingerprint density at radius 3 is 2.36 bits per heavy atom. The summed E-state index contributed by atoms with van der Waals surface area (Å²) in [6.07, 6.45) is 4.94. The fraction of sp³-hybridized carbons (Fsp3) is 0.200. The van der Waals surface area contributed by atoms with Crippen LogP contribution in [-0.4, -0.2) is 29.9 Å². The van der Waals surface area contributed by atoms with Crippen LogP contribution in [0.15, 0.2) is 71.6 Å². The van der Waals surface area contributed by atoms with E-state index in [1.807, 2.05) is 38.4 Å². The molecule has 0 aliphatic carbocycles. The molecule has 1 atom stereocenters. The van der Waals surface area contributed by atoms with Crippen LogP contribution in [0.2, 0.25) is 0 Å². The van der Waals surface area contributed by atoms with Crippen LogP contribution in [0, 0.1) is 0 Å². The van der Waals surface area contributed by atoms with E-state index in [4.69, 9.17) is 4.42 Å². The van der Waals surface area contributed by atoms with E-state index in [1.165, 1.54) is 11.8 Å². The number of aromatic nitrogens is 1. The van der Waals surface area contributed by atoms with E-state index in [0.717, 1.165) is 17.7 Å². The molecule has 2 heterocycles. The minimum Gasteiger partial charge on any atom is -0.459 e. The van der Waals surface area contributed by atoms with Gasteiger partial charge in [-0.3, -0.25) is 9.78 Å². The van der Waals surface area contributed by atoms with Crippen molar-refractivity contribution in [3.63, 3.8) is 0 Å². The molecule has 0 bridgehead atoms. The summed E-state index contributed by atoms with van der Waals surface area (Å²) in [7, 11) is 4.08. The fourth-order valence-corrected chi connectivity index (χ4v) is 2.71. The van der Waals surface area contributed by atoms with Gasteiger partial charge in [-0.05, 0) is 55.1 Å². The Bertz CT molecular complexity index is 797. The van der Waals surface area contributed by atoms with E-state index in [0.29, 0.717) is 5.76 Å². The molecule has 5 heteroatoms. The van der Waals surface area contributed by atoms with E-state index in [9.17, 15) is 4.79 Å². The lowest BCUT2D eigenvalue weighted by molar-refractivity contribution is 0.0915. The summed E-state index contributed by atoms with van der Waals surface area (Å²) in [6.45, 7) is 0.874. The zero-order chi connectivity index (χ0) is 17.6. The predicted molar refractivity (Wildman–Crippen MR) is 96.1 cm³/mol. The van der Waals surface area contributed by atoms with Crippen LogP contribution in [0.4, 0.5) is 0 Å². The lowest BCUT2D eigenvalue weighted by Gasteiger charge is -2.20. The van der Waals surface area contributed by atoms with Gasteiger partial charge in [-0.1, -0.05) is 24.3 Å². The topological polar surface area (TPSA) is 58.4 Å². The molecule has 1 unspecified atom stereocenters. The van der Waals surface area contributed by atoms with Gasteiger partial charge >= 0.3 is 0 Å². The Hall–Kier alpha value is -2.92. The smallest absolute Gasteiger partial charge is 0.287 e. The van der Waals surface area contributed by atoms with Crippen LogP contribution in [-0.2, 0) is 6.54 Å². The van der Waals surface area contributed by atoms with Gasteiger partial charge in [-0.2, -0.15) is 0 Å². The number of nitrogens with one attached hydrogen (secondary N) is 1. The molecule has 0 saturated heterocycles. The van der Waals surface area contributed by atoms with Gasteiger partial charge in [-0.15, -0.1) is 0 Å². The van der Waals surface area contributed by atoms with E-state index < -0.39 is 0 Å². The third kappa shape index (κ3) is 4.33. The zero-order valence-corrected chi connectivity index (χ0v) is 14.3. The number of rotatable bonds is 6. The lowest BCUT2D eigenvalue weighted by atomic mass is 9.98. The van der Waals surface area contributed by atoms with E-state index in [2.05, 4.69) is 27.3 Å². The highest BCUT2D eigenvalue weighted by Gasteiger charge is 2.19. The number of carbonyl (C=O) groups excluding carboxylic acids is 1. The van der Waals surface area contributed by atoms with Crippen molar-refractivity contribution in [2.45, 2.75) is 12.6 Å². The fourth-order valence-electron chi connectivity index (χ4n) is 2.71. The minimum atomic E-state index is -0.269. The first-order chi connectivity index (χ1) is 12.1. The van der Waals surface area contributed by atoms with Crippen molar-refractivity contribution < 1.29 is 9.21 Å². The molecule has 5 nitrogen and oxygen atoms in total. The maximum atomic E-state index is 12.4. The molecular formula is C20H21N3O2. The van der Waals surface area contributed by atoms with Gasteiger partial charge in [0.05, 0.1) is 12.3 Å². The molecule has 1 N–H and O–H groups in total. The first-order valence-corrected chi connectivity index (χ1v) is 8.11. The van der Waals surface area contributed by atoms with Crippen molar-refractivity contribution in [2.75, 3.05) is 14.1 Å². The van der Waals surface area contributed by atoms with Crippen LogP contribution in [0.5, 0.6) is 0 Å². The monoisotopic (exact) mass is 335 g/mol. The quantitative estimate of drug-likeness (QED) is 0.751. The second-order valence-corrected chi connectivity index (χ2v) is 6.14. The average Bonchev–Trinajstić information content (AvgIpc) is 3.15. The Morgan fingerprint density at radius 1 is 1.08 bits per heavy atom. The van der Waals surface area contributed by atoms with Gasteiger partial charge in [-0.25, -0.2) is 0 Å². The Balaban J connectivity index is 1.87. The van der Waals surface area contributed by atoms with Gasteiger partial charge < -0.3 is 14.6 Å². The molecule has 3 aromatic rings. The lowest BCUT2D eigenvalue weighted by Crippen LogP contribution is -2.29. The van der Waals surface area contributed by atoms with Gasteiger partial charge in [0.2, 0.25) is 0 Å². The SMILES string of the molecule is CN(C)Cc1ccc(C(NC(=O)c2ccco2)c2ccncc2)cc1. The first-order valence-electron chi connectivity index (χ1n) is 8.11. The average molecular weight is 335 g/mol. The highest BCUT2D eigenvalue weighted by Crippen LogP contribution is 2.23. The van der Waals surface area contributed by atoms with Crippen molar-refractivity contribution in [1.29, 1.82) is 0 Å². The molecule has 1 amide bonds. The van der Waals surface area contributed by atoms with Crippen molar-refractivity contribution in [3.8, 4) is 0 Å². The number of benzene rings is 1. The number of furan rings is 1. The number of hydrogen-bond donors (Lipinski definition) is 1. The molecule has 3 rings (SSSR count). The molecule has 2 aromatic heterocycles. The minimum absolute atomic E-state index is 0.246. The molecule has 25 heavy (non-hydrogen) atoms. The molecule has 0 radical (unpaired) electrons. The maximum Gasteiger partial charge on any atom is 0.287 e. The molecule has 0 saturated carbocycles. The molecule has 0 aliphatic heterocycles. The van der Waals surface area contributed by atoms with Crippen molar-refractivity contribution in [2.24, 2.45) is 0 Å². The highest BCUT2D eigenvalue weighted by molar-refractivity contribution is 5.91. The number of carbonyl (C=O) groups is 1. The number of nitrogens with zero attached hydrogens (tertiary/aromatic N) is 2. The van der Waals surface area contributed by atoms with Gasteiger partial charge in [0.1, 0.15) is 0 Å². The molecule has 0 spiro atoms. The second kappa shape index (κ2) is 7.77. The first kappa shape index (κ1) is 16.9. The number of amides is 1. The van der Waals surface area contributed by atoms with E-state index in [-0.39, 0.29) is 11.9 Å². The molecule has 128 valence electrons. The van der Waals surface area contributed by atoms with E-state index >= 15 is 0 Å². The van der Waals surface area contributed by atoms with Gasteiger partial charge in [0.25, 0.3) is 5.91 Å². The molecule has 1 aromatic carbocycles. The molecule has 0 fully saturated rings. The van der Waals surface area contributed by atoms with Gasteiger partial charge in [0.15, 0.2) is 5.76 Å². The normalized spacial score (nSPS) is 12.1. The van der Waals surface area contributed by atoms with E-state index in [1.54, 1.807) is 24.5 Å². The molecular weight excluding hydrogens is 314 g/mol. The number of pyridine rings is 1. The number of hydrogen-bond acceptors (Lipinski definition) is 4. The van der Waals surface area contributed by atoms with Crippen molar-refractivity contribution in [1.82, 2.24) is 15.2 Å². The zero-order valence-electron chi connectivity index (χ0n) is 14.3. The van der Waals surface area contributed by atoms with Crippen LogP contribution < -0.4 is 5.32 Å².